The minimum Gasteiger partial charge on any atom is -0.232 e. The van der Waals surface area contributed by atoms with Gasteiger partial charge in [0.2, 0.25) is 4.83 Å². The number of benzene rings is 1. The summed E-state index contributed by atoms with van der Waals surface area (Å²) < 4.78 is 3.52. The van der Waals surface area contributed by atoms with E-state index in [9.17, 15) is 0 Å². The molecule has 0 aliphatic carbocycles. The second-order valence-electron chi connectivity index (χ2n) is 5.86. The summed E-state index contributed by atoms with van der Waals surface area (Å²) in [5.74, 6) is 0. The van der Waals surface area contributed by atoms with Crippen molar-refractivity contribution in [1.29, 1.82) is 0 Å². The van der Waals surface area contributed by atoms with Gasteiger partial charge >= 0.3 is 0 Å². The topological polar surface area (TPSA) is 16.8 Å². The first kappa shape index (κ1) is 13.9. The first-order chi connectivity index (χ1) is 10.6. The van der Waals surface area contributed by atoms with Gasteiger partial charge in [-0.15, -0.1) is 11.3 Å². The summed E-state index contributed by atoms with van der Waals surface area (Å²) in [6.07, 6.45) is 1.94. The molecule has 22 heavy (non-hydrogen) atoms. The highest BCUT2D eigenvalue weighted by atomic mass is 32.2. The molecule has 2 nitrogen and oxygen atoms in total. The normalized spacial score (nSPS) is 11.6. The van der Waals surface area contributed by atoms with Gasteiger partial charge in [-0.25, -0.2) is 4.57 Å². The Kier molecular flexibility index (Phi) is 3.06. The van der Waals surface area contributed by atoms with E-state index < -0.39 is 0 Å². The van der Waals surface area contributed by atoms with Crippen LogP contribution in [0.15, 0.2) is 29.9 Å². The van der Waals surface area contributed by atoms with Crippen LogP contribution in [-0.4, -0.2) is 4.98 Å². The average molecular weight is 325 g/mol. The molecule has 0 aliphatic rings. The minimum atomic E-state index is 1.13. The number of aromatic nitrogens is 2. The molecule has 3 heterocycles. The Hall–Kier alpha value is -1.78. The molecule has 4 heteroatoms. The molecule has 0 unspecified atom stereocenters. The first-order valence-electron chi connectivity index (χ1n) is 7.29. The fourth-order valence-electron chi connectivity index (χ4n) is 3.12. The van der Waals surface area contributed by atoms with Gasteiger partial charge in [0.05, 0.1) is 16.4 Å². The molecule has 0 fully saturated rings. The molecule has 0 radical (unpaired) electrons. The standard InChI is InChI=1S/C18H17N2S2/c1-10-7-11(2)12(3)14(8-10)16-15-13-5-6-21-18(13)22-17(15)19-9-20(16)4/h5-9H,1-4H3/q+1. The largest absolute Gasteiger partial charge is 0.288 e. The number of rotatable bonds is 1. The van der Waals surface area contributed by atoms with Crippen molar-refractivity contribution in [1.82, 2.24) is 4.98 Å². The molecule has 0 spiro atoms. The van der Waals surface area contributed by atoms with E-state index in [1.165, 1.54) is 42.7 Å². The second kappa shape index (κ2) is 4.86. The molecule has 0 saturated heterocycles. The van der Waals surface area contributed by atoms with Gasteiger partial charge in [-0.05, 0) is 54.4 Å². The fraction of sp³-hybridized carbons (Fsp3) is 0.222. The van der Waals surface area contributed by atoms with Crippen LogP contribution in [0, 0.1) is 20.8 Å². The first-order valence-corrected chi connectivity index (χ1v) is 8.98. The van der Waals surface area contributed by atoms with Crippen molar-refractivity contribution in [2.24, 2.45) is 7.05 Å². The smallest absolute Gasteiger partial charge is 0.232 e. The van der Waals surface area contributed by atoms with Crippen molar-refractivity contribution in [3.63, 3.8) is 0 Å². The second-order valence-corrected chi connectivity index (χ2v) is 8.04. The predicted molar refractivity (Wildman–Crippen MR) is 95.8 cm³/mol. The average Bonchev–Trinajstić information content (AvgIpc) is 3.04. The molecule has 0 atom stereocenters. The van der Waals surface area contributed by atoms with Gasteiger partial charge in [0.25, 0.3) is 6.33 Å². The van der Waals surface area contributed by atoms with Crippen LogP contribution in [0.25, 0.3) is 30.9 Å². The third kappa shape index (κ3) is 1.91. The molecule has 3 aromatic heterocycles. The predicted octanol–water partition coefficient (Wildman–Crippen LogP) is 4.93. The number of thiophene rings is 2. The maximum Gasteiger partial charge on any atom is 0.288 e. The molecule has 0 aliphatic heterocycles. The highest BCUT2D eigenvalue weighted by Crippen LogP contribution is 2.40. The van der Waals surface area contributed by atoms with E-state index in [2.05, 4.69) is 60.9 Å². The van der Waals surface area contributed by atoms with Crippen molar-refractivity contribution in [3.8, 4) is 11.3 Å². The molecule has 110 valence electrons. The summed E-state index contributed by atoms with van der Waals surface area (Å²) in [4.78, 5) is 5.77. The Morgan fingerprint density at radius 1 is 1.14 bits per heavy atom. The Bertz CT molecular complexity index is 1020. The number of hydrogen-bond donors (Lipinski definition) is 0. The maximum atomic E-state index is 4.64. The van der Waals surface area contributed by atoms with Crippen LogP contribution >= 0.6 is 22.7 Å². The van der Waals surface area contributed by atoms with Crippen LogP contribution in [0.5, 0.6) is 0 Å². The van der Waals surface area contributed by atoms with Gasteiger partial charge in [0.1, 0.15) is 5.69 Å². The Morgan fingerprint density at radius 3 is 2.77 bits per heavy atom. The van der Waals surface area contributed by atoms with Gasteiger partial charge in [-0.1, -0.05) is 23.0 Å². The molecule has 0 amide bonds. The van der Waals surface area contributed by atoms with Crippen molar-refractivity contribution in [2.75, 3.05) is 0 Å². The highest BCUT2D eigenvalue weighted by molar-refractivity contribution is 7.40. The van der Waals surface area contributed by atoms with E-state index in [4.69, 9.17) is 0 Å². The van der Waals surface area contributed by atoms with Crippen LogP contribution in [0.4, 0.5) is 0 Å². The van der Waals surface area contributed by atoms with Gasteiger partial charge in [-0.3, -0.25) is 0 Å². The third-order valence-electron chi connectivity index (χ3n) is 4.31. The lowest BCUT2D eigenvalue weighted by molar-refractivity contribution is -0.662. The zero-order valence-corrected chi connectivity index (χ0v) is 14.7. The lowest BCUT2D eigenvalue weighted by atomic mass is 9.96. The van der Waals surface area contributed by atoms with Crippen molar-refractivity contribution < 1.29 is 4.57 Å². The van der Waals surface area contributed by atoms with Crippen LogP contribution in [0.2, 0.25) is 0 Å². The summed E-state index contributed by atoms with van der Waals surface area (Å²) in [5.41, 5.74) is 6.59. The van der Waals surface area contributed by atoms with E-state index >= 15 is 0 Å². The zero-order chi connectivity index (χ0) is 15.4. The van der Waals surface area contributed by atoms with Crippen LogP contribution in [0.3, 0.4) is 0 Å². The number of hydrogen-bond acceptors (Lipinski definition) is 3. The third-order valence-corrected chi connectivity index (χ3v) is 6.46. The molecular weight excluding hydrogens is 308 g/mol. The summed E-state index contributed by atoms with van der Waals surface area (Å²) in [6, 6.07) is 6.78. The fourth-order valence-corrected chi connectivity index (χ4v) is 5.20. The number of aryl methyl sites for hydroxylation is 3. The van der Waals surface area contributed by atoms with E-state index in [-0.39, 0.29) is 0 Å². The summed E-state index contributed by atoms with van der Waals surface area (Å²) >= 11 is 3.60. The summed E-state index contributed by atoms with van der Waals surface area (Å²) in [5, 5.41) is 4.80. The van der Waals surface area contributed by atoms with Crippen molar-refractivity contribution >= 4 is 42.3 Å². The van der Waals surface area contributed by atoms with Crippen LogP contribution < -0.4 is 4.57 Å². The number of nitrogens with zero attached hydrogens (tertiary/aromatic N) is 2. The molecule has 4 aromatic rings. The molecular formula is C18H17N2S2+. The summed E-state index contributed by atoms with van der Waals surface area (Å²) in [6.45, 7) is 6.58. The lowest BCUT2D eigenvalue weighted by Gasteiger charge is -2.11. The molecule has 4 rings (SSSR count). The lowest BCUT2D eigenvalue weighted by Crippen LogP contribution is -2.31. The monoisotopic (exact) mass is 325 g/mol. The molecule has 1 aromatic carbocycles. The van der Waals surface area contributed by atoms with E-state index in [1.54, 1.807) is 22.7 Å². The maximum absolute atomic E-state index is 4.64. The Labute approximate surface area is 137 Å². The minimum absolute atomic E-state index is 1.13. The molecule has 0 bridgehead atoms. The van der Waals surface area contributed by atoms with E-state index in [0.29, 0.717) is 0 Å². The van der Waals surface area contributed by atoms with Crippen molar-refractivity contribution in [2.45, 2.75) is 20.8 Å². The van der Waals surface area contributed by atoms with Gasteiger partial charge < -0.3 is 0 Å². The van der Waals surface area contributed by atoms with Crippen LogP contribution in [-0.2, 0) is 7.05 Å². The van der Waals surface area contributed by atoms with E-state index in [1.807, 2.05) is 6.33 Å². The van der Waals surface area contributed by atoms with Gasteiger partial charge in [0, 0.05) is 10.9 Å². The SMILES string of the molecule is Cc1cc(C)c(C)c(-c2c3c(nc[n+]2C)sc2sccc23)c1. The quantitative estimate of drug-likeness (QED) is 0.454. The Morgan fingerprint density at radius 2 is 1.95 bits per heavy atom. The zero-order valence-electron chi connectivity index (χ0n) is 13.1. The van der Waals surface area contributed by atoms with Crippen molar-refractivity contribution in [3.05, 3.63) is 46.6 Å². The molecule has 0 saturated carbocycles. The van der Waals surface area contributed by atoms with Crippen LogP contribution in [0.1, 0.15) is 16.7 Å². The van der Waals surface area contributed by atoms with Gasteiger partial charge in [0.15, 0.2) is 0 Å². The Balaban J connectivity index is 2.20. The molecule has 0 N–H and O–H groups in total. The number of fused-ring (bicyclic) bond motifs is 3. The summed E-state index contributed by atoms with van der Waals surface area (Å²) in [7, 11) is 2.09. The van der Waals surface area contributed by atoms with Gasteiger partial charge in [-0.2, -0.15) is 0 Å². The van der Waals surface area contributed by atoms with E-state index in [0.717, 1.165) is 4.83 Å². The highest BCUT2D eigenvalue weighted by Gasteiger charge is 2.22.